The van der Waals surface area contributed by atoms with Crippen molar-refractivity contribution in [1.29, 1.82) is 0 Å². The van der Waals surface area contributed by atoms with Crippen molar-refractivity contribution >= 4 is 10.0 Å². The summed E-state index contributed by atoms with van der Waals surface area (Å²) in [5, 5.41) is 6.55. The van der Waals surface area contributed by atoms with E-state index in [0.717, 1.165) is 6.61 Å². The van der Waals surface area contributed by atoms with E-state index in [-0.39, 0.29) is 4.90 Å². The number of sulfonamides is 1. The smallest absolute Gasteiger partial charge is 0.244 e. The molecule has 0 atom stereocenters. The monoisotopic (exact) mass is 273 g/mol. The molecule has 0 aromatic carbocycles. The van der Waals surface area contributed by atoms with Crippen molar-refractivity contribution in [2.45, 2.75) is 31.6 Å². The molecule has 1 saturated carbocycles. The number of hydrogen-bond acceptors (Lipinski definition) is 4. The standard InChI is InChI=1S/C11H19N3O3S/c1-8-11(9(2)14-13-8)18(15,16)12-5-6-17-7-10-3-4-10/h10,12H,3-7H2,1-2H3,(H,13,14). The molecule has 1 aliphatic rings. The van der Waals surface area contributed by atoms with Crippen molar-refractivity contribution in [2.75, 3.05) is 19.8 Å². The first-order chi connectivity index (χ1) is 8.50. The fourth-order valence-electron chi connectivity index (χ4n) is 1.79. The third kappa shape index (κ3) is 3.30. The lowest BCUT2D eigenvalue weighted by molar-refractivity contribution is 0.129. The maximum absolute atomic E-state index is 12.0. The van der Waals surface area contributed by atoms with Crippen LogP contribution in [0.4, 0.5) is 0 Å². The second-order valence-corrected chi connectivity index (χ2v) is 6.38. The van der Waals surface area contributed by atoms with Crippen LogP contribution in [0.25, 0.3) is 0 Å². The van der Waals surface area contributed by atoms with E-state index >= 15 is 0 Å². The summed E-state index contributed by atoms with van der Waals surface area (Å²) < 4.78 is 31.9. The SMILES string of the molecule is Cc1n[nH]c(C)c1S(=O)(=O)NCCOCC1CC1. The predicted molar refractivity (Wildman–Crippen MR) is 66.8 cm³/mol. The summed E-state index contributed by atoms with van der Waals surface area (Å²) in [6.45, 7) is 4.80. The molecule has 1 fully saturated rings. The predicted octanol–water partition coefficient (Wildman–Crippen LogP) is 0.731. The number of H-pyrrole nitrogens is 1. The van der Waals surface area contributed by atoms with Gasteiger partial charge in [-0.15, -0.1) is 0 Å². The van der Waals surface area contributed by atoms with Crippen LogP contribution in [0.15, 0.2) is 4.90 Å². The van der Waals surface area contributed by atoms with Crippen LogP contribution in [0, 0.1) is 19.8 Å². The van der Waals surface area contributed by atoms with Crippen LogP contribution < -0.4 is 4.72 Å². The molecule has 1 heterocycles. The molecule has 2 rings (SSSR count). The second kappa shape index (κ2) is 5.38. The summed E-state index contributed by atoms with van der Waals surface area (Å²) in [7, 11) is -3.49. The number of hydrogen-bond donors (Lipinski definition) is 2. The Morgan fingerprint density at radius 3 is 2.72 bits per heavy atom. The Hall–Kier alpha value is -0.920. The Morgan fingerprint density at radius 1 is 1.44 bits per heavy atom. The molecule has 7 heteroatoms. The topological polar surface area (TPSA) is 84.1 Å². The van der Waals surface area contributed by atoms with Crippen molar-refractivity contribution in [1.82, 2.24) is 14.9 Å². The van der Waals surface area contributed by atoms with Crippen LogP contribution in [0.1, 0.15) is 24.2 Å². The minimum Gasteiger partial charge on any atom is -0.380 e. The first-order valence-corrected chi connectivity index (χ1v) is 7.58. The lowest BCUT2D eigenvalue weighted by Crippen LogP contribution is -2.28. The molecule has 0 unspecified atom stereocenters. The zero-order valence-electron chi connectivity index (χ0n) is 10.7. The van der Waals surface area contributed by atoms with Gasteiger partial charge in [0.05, 0.1) is 18.0 Å². The first-order valence-electron chi connectivity index (χ1n) is 6.09. The van der Waals surface area contributed by atoms with Gasteiger partial charge in [0.1, 0.15) is 4.90 Å². The van der Waals surface area contributed by atoms with Crippen LogP contribution in [-0.2, 0) is 14.8 Å². The highest BCUT2D eigenvalue weighted by Gasteiger charge is 2.22. The van der Waals surface area contributed by atoms with Crippen LogP contribution in [0.3, 0.4) is 0 Å². The minimum atomic E-state index is -3.49. The van der Waals surface area contributed by atoms with Gasteiger partial charge in [-0.05, 0) is 32.6 Å². The molecule has 0 spiro atoms. The van der Waals surface area contributed by atoms with Crippen LogP contribution >= 0.6 is 0 Å². The first kappa shape index (κ1) is 13.5. The fourth-order valence-corrected chi connectivity index (χ4v) is 3.17. The number of nitrogens with zero attached hydrogens (tertiary/aromatic N) is 1. The molecular formula is C11H19N3O3S. The van der Waals surface area contributed by atoms with Gasteiger partial charge >= 0.3 is 0 Å². The summed E-state index contributed by atoms with van der Waals surface area (Å²) >= 11 is 0. The number of aryl methyl sites for hydroxylation is 2. The number of rotatable bonds is 7. The van der Waals surface area contributed by atoms with Gasteiger partial charge in [-0.25, -0.2) is 13.1 Å². The molecule has 0 radical (unpaired) electrons. The average Bonchev–Trinajstić information content (AvgIpc) is 3.04. The second-order valence-electron chi connectivity index (χ2n) is 4.68. The van der Waals surface area contributed by atoms with E-state index < -0.39 is 10.0 Å². The summed E-state index contributed by atoms with van der Waals surface area (Å²) in [6, 6.07) is 0. The van der Waals surface area contributed by atoms with E-state index in [0.29, 0.717) is 30.5 Å². The zero-order valence-corrected chi connectivity index (χ0v) is 11.5. The van der Waals surface area contributed by atoms with Crippen LogP contribution in [-0.4, -0.2) is 38.4 Å². The van der Waals surface area contributed by atoms with Gasteiger partial charge in [0, 0.05) is 13.2 Å². The van der Waals surface area contributed by atoms with Gasteiger partial charge in [-0.2, -0.15) is 5.10 Å². The van der Waals surface area contributed by atoms with E-state index in [2.05, 4.69) is 14.9 Å². The molecule has 2 N–H and O–H groups in total. The van der Waals surface area contributed by atoms with Crippen molar-refractivity contribution in [3.8, 4) is 0 Å². The molecule has 0 amide bonds. The van der Waals surface area contributed by atoms with Crippen molar-refractivity contribution < 1.29 is 13.2 Å². The zero-order chi connectivity index (χ0) is 13.2. The highest BCUT2D eigenvalue weighted by molar-refractivity contribution is 7.89. The number of nitrogens with one attached hydrogen (secondary N) is 2. The molecule has 0 bridgehead atoms. The van der Waals surface area contributed by atoms with E-state index in [4.69, 9.17) is 4.74 Å². The summed E-state index contributed by atoms with van der Waals surface area (Å²) in [4.78, 5) is 0.240. The average molecular weight is 273 g/mol. The van der Waals surface area contributed by atoms with E-state index in [1.807, 2.05) is 0 Å². The normalized spacial score (nSPS) is 16.1. The highest BCUT2D eigenvalue weighted by atomic mass is 32.2. The van der Waals surface area contributed by atoms with Gasteiger partial charge < -0.3 is 4.74 Å². The largest absolute Gasteiger partial charge is 0.380 e. The van der Waals surface area contributed by atoms with Gasteiger partial charge in [-0.1, -0.05) is 0 Å². The molecule has 18 heavy (non-hydrogen) atoms. The van der Waals surface area contributed by atoms with Crippen molar-refractivity contribution in [3.63, 3.8) is 0 Å². The van der Waals surface area contributed by atoms with Crippen LogP contribution in [0.2, 0.25) is 0 Å². The number of aromatic amines is 1. The third-order valence-electron chi connectivity index (χ3n) is 2.92. The molecule has 0 saturated heterocycles. The Kier molecular flexibility index (Phi) is 4.04. The van der Waals surface area contributed by atoms with Crippen molar-refractivity contribution in [2.24, 2.45) is 5.92 Å². The Bertz CT molecular complexity index is 486. The molecule has 1 aromatic heterocycles. The molecule has 102 valence electrons. The quantitative estimate of drug-likeness (QED) is 0.717. The Balaban J connectivity index is 1.83. The van der Waals surface area contributed by atoms with Gasteiger partial charge in [0.15, 0.2) is 0 Å². The lowest BCUT2D eigenvalue weighted by atomic mass is 10.4. The summed E-state index contributed by atoms with van der Waals surface area (Å²) in [5.74, 6) is 0.694. The van der Waals surface area contributed by atoms with Gasteiger partial charge in [0.2, 0.25) is 10.0 Å². The van der Waals surface area contributed by atoms with E-state index in [9.17, 15) is 8.42 Å². The van der Waals surface area contributed by atoms with E-state index in [1.165, 1.54) is 12.8 Å². The molecular weight excluding hydrogens is 254 g/mol. The van der Waals surface area contributed by atoms with Crippen molar-refractivity contribution in [3.05, 3.63) is 11.4 Å². The summed E-state index contributed by atoms with van der Waals surface area (Å²) in [6.07, 6.45) is 2.47. The van der Waals surface area contributed by atoms with E-state index in [1.54, 1.807) is 13.8 Å². The fraction of sp³-hybridized carbons (Fsp3) is 0.727. The third-order valence-corrected chi connectivity index (χ3v) is 4.64. The lowest BCUT2D eigenvalue weighted by Gasteiger charge is -2.07. The van der Waals surface area contributed by atoms with Gasteiger partial charge in [-0.3, -0.25) is 5.10 Å². The number of aromatic nitrogens is 2. The summed E-state index contributed by atoms with van der Waals surface area (Å²) in [5.41, 5.74) is 1.04. The Morgan fingerprint density at radius 2 is 2.17 bits per heavy atom. The Labute approximate surface area is 107 Å². The minimum absolute atomic E-state index is 0.240. The molecule has 1 aliphatic carbocycles. The molecule has 0 aliphatic heterocycles. The maximum Gasteiger partial charge on any atom is 0.244 e. The highest BCUT2D eigenvalue weighted by Crippen LogP contribution is 2.28. The number of ether oxygens (including phenoxy) is 1. The van der Waals surface area contributed by atoms with Gasteiger partial charge in [0.25, 0.3) is 0 Å². The molecule has 6 nitrogen and oxygen atoms in total. The molecule has 1 aromatic rings. The maximum atomic E-state index is 12.0. The van der Waals surface area contributed by atoms with Crippen LogP contribution in [0.5, 0.6) is 0 Å².